The van der Waals surface area contributed by atoms with Gasteiger partial charge in [0, 0.05) is 37.8 Å². The summed E-state index contributed by atoms with van der Waals surface area (Å²) in [6.45, 7) is 12.9. The Hall–Kier alpha value is -4.81. The number of para-hydroxylation sites is 1. The molecule has 0 saturated carbocycles. The topological polar surface area (TPSA) is 128 Å². The number of fused-ring (bicyclic) bond motifs is 2. The number of sulfonamides is 1. The van der Waals surface area contributed by atoms with Gasteiger partial charge in [0.2, 0.25) is 10.0 Å². The van der Waals surface area contributed by atoms with Crippen molar-refractivity contribution in [2.75, 3.05) is 6.54 Å². The maximum atomic E-state index is 14.1. The van der Waals surface area contributed by atoms with E-state index in [9.17, 15) is 18.0 Å². The number of hydrogen-bond acceptors (Lipinski definition) is 7. The first-order valence-electron chi connectivity index (χ1n) is 16.9. The quantitative estimate of drug-likeness (QED) is 0.217. The predicted molar refractivity (Wildman–Crippen MR) is 193 cm³/mol. The van der Waals surface area contributed by atoms with Crippen LogP contribution in [0.1, 0.15) is 78.2 Å². The summed E-state index contributed by atoms with van der Waals surface area (Å²) in [5.41, 5.74) is 4.88. The largest absolute Gasteiger partial charge is 0.488 e. The van der Waals surface area contributed by atoms with E-state index in [0.29, 0.717) is 18.7 Å². The summed E-state index contributed by atoms with van der Waals surface area (Å²) in [5, 5.41) is 12.0. The average molecular weight is 697 g/mol. The molecule has 2 aromatic heterocycles. The van der Waals surface area contributed by atoms with Crippen molar-refractivity contribution in [2.24, 2.45) is 7.05 Å². The van der Waals surface area contributed by atoms with Crippen LogP contribution in [0.25, 0.3) is 11.0 Å². The van der Waals surface area contributed by atoms with Gasteiger partial charge in [0.05, 0.1) is 12.1 Å². The van der Waals surface area contributed by atoms with Crippen LogP contribution in [0.5, 0.6) is 5.75 Å². The first kappa shape index (κ1) is 35.0. The van der Waals surface area contributed by atoms with Gasteiger partial charge >= 0.3 is 0 Å². The van der Waals surface area contributed by atoms with Gasteiger partial charge in [-0.15, -0.1) is 5.10 Å². The van der Waals surface area contributed by atoms with Crippen LogP contribution >= 0.6 is 0 Å². The fourth-order valence-corrected chi connectivity index (χ4v) is 8.52. The molecule has 262 valence electrons. The second-order valence-electron chi connectivity index (χ2n) is 13.6. The molecule has 1 amide bonds. The predicted octanol–water partition coefficient (Wildman–Crippen LogP) is 5.47. The highest BCUT2D eigenvalue weighted by atomic mass is 32.2. The molecule has 3 aromatic carbocycles. The van der Waals surface area contributed by atoms with E-state index < -0.39 is 32.9 Å². The number of nitrogens with one attached hydrogen (secondary N) is 1. The van der Waals surface area contributed by atoms with Crippen molar-refractivity contribution in [3.8, 4) is 5.75 Å². The molecule has 1 aliphatic rings. The zero-order valence-corrected chi connectivity index (χ0v) is 30.4. The third-order valence-corrected chi connectivity index (χ3v) is 11.6. The molecular weight excluding hydrogens is 653 g/mol. The summed E-state index contributed by atoms with van der Waals surface area (Å²) < 4.78 is 39.0. The van der Waals surface area contributed by atoms with Crippen LogP contribution in [0.2, 0.25) is 0 Å². The second kappa shape index (κ2) is 13.5. The maximum Gasteiger partial charge on any atom is 0.263 e. The van der Waals surface area contributed by atoms with E-state index in [1.807, 2.05) is 76.6 Å². The fourth-order valence-electron chi connectivity index (χ4n) is 6.95. The SMILES string of the molecule is CC[C@@H]1CN(Cc2cc([C@@H](c3ccc4c(nnn4CC)c3C)C(C)(C)NC(=O)c3cccn(C)c3=O)ccc2C)S(=O)(=O)c2ccccc2O1. The van der Waals surface area contributed by atoms with Gasteiger partial charge in [-0.1, -0.05) is 48.5 Å². The molecule has 2 atom stereocenters. The minimum atomic E-state index is -3.87. The Kier molecular flexibility index (Phi) is 9.45. The molecule has 0 unspecified atom stereocenters. The van der Waals surface area contributed by atoms with Crippen LogP contribution in [0.3, 0.4) is 0 Å². The third-order valence-electron chi connectivity index (χ3n) is 9.79. The number of carbonyl (C=O) groups excluding carboxylic acids is 1. The van der Waals surface area contributed by atoms with Gasteiger partial charge in [-0.3, -0.25) is 9.59 Å². The molecule has 12 heteroatoms. The number of rotatable bonds is 9. The minimum absolute atomic E-state index is 0.0452. The summed E-state index contributed by atoms with van der Waals surface area (Å²) >= 11 is 0. The number of ether oxygens (including phenoxy) is 1. The van der Waals surface area contributed by atoms with Gasteiger partial charge < -0.3 is 14.6 Å². The maximum absolute atomic E-state index is 14.1. The lowest BCUT2D eigenvalue weighted by atomic mass is 9.74. The van der Waals surface area contributed by atoms with Crippen LogP contribution in [0.15, 0.2) is 82.6 Å². The monoisotopic (exact) mass is 696 g/mol. The van der Waals surface area contributed by atoms with E-state index >= 15 is 0 Å². The van der Waals surface area contributed by atoms with Crippen LogP contribution in [0, 0.1) is 13.8 Å². The van der Waals surface area contributed by atoms with Gasteiger partial charge in [-0.25, -0.2) is 13.1 Å². The highest BCUT2D eigenvalue weighted by Crippen LogP contribution is 2.40. The van der Waals surface area contributed by atoms with E-state index in [-0.39, 0.29) is 29.7 Å². The lowest BCUT2D eigenvalue weighted by Crippen LogP contribution is -2.50. The van der Waals surface area contributed by atoms with E-state index in [0.717, 1.165) is 38.9 Å². The van der Waals surface area contributed by atoms with Crippen molar-refractivity contribution in [3.63, 3.8) is 0 Å². The van der Waals surface area contributed by atoms with Crippen molar-refractivity contribution in [1.29, 1.82) is 0 Å². The highest BCUT2D eigenvalue weighted by Gasteiger charge is 2.38. The van der Waals surface area contributed by atoms with Crippen molar-refractivity contribution in [1.82, 2.24) is 29.2 Å². The molecule has 0 saturated heterocycles. The summed E-state index contributed by atoms with van der Waals surface area (Å²) in [6, 6.07) is 20.1. The fraction of sp³-hybridized carbons (Fsp3) is 0.368. The van der Waals surface area contributed by atoms with Gasteiger partial charge in [0.1, 0.15) is 27.8 Å². The molecule has 1 aliphatic heterocycles. The van der Waals surface area contributed by atoms with Crippen LogP contribution < -0.4 is 15.6 Å². The number of aryl methyl sites for hydroxylation is 4. The Balaban J connectivity index is 1.46. The van der Waals surface area contributed by atoms with Crippen molar-refractivity contribution in [3.05, 3.63) is 117 Å². The number of benzene rings is 3. The second-order valence-corrected chi connectivity index (χ2v) is 15.5. The number of hydrogen-bond donors (Lipinski definition) is 1. The number of amides is 1. The van der Waals surface area contributed by atoms with E-state index in [2.05, 4.69) is 15.6 Å². The Morgan fingerprint density at radius 3 is 2.56 bits per heavy atom. The summed E-state index contributed by atoms with van der Waals surface area (Å²) in [6.07, 6.45) is 1.95. The zero-order chi connectivity index (χ0) is 36.0. The first-order chi connectivity index (χ1) is 23.8. The lowest BCUT2D eigenvalue weighted by molar-refractivity contribution is 0.0903. The minimum Gasteiger partial charge on any atom is -0.488 e. The van der Waals surface area contributed by atoms with E-state index in [4.69, 9.17) is 4.74 Å². The summed E-state index contributed by atoms with van der Waals surface area (Å²) in [4.78, 5) is 26.8. The zero-order valence-electron chi connectivity index (χ0n) is 29.6. The van der Waals surface area contributed by atoms with Crippen molar-refractivity contribution in [2.45, 2.75) is 83.5 Å². The highest BCUT2D eigenvalue weighted by molar-refractivity contribution is 7.89. The molecule has 1 N–H and O–H groups in total. The molecule has 0 fully saturated rings. The van der Waals surface area contributed by atoms with Crippen LogP contribution in [-0.2, 0) is 30.2 Å². The number of pyridine rings is 1. The smallest absolute Gasteiger partial charge is 0.263 e. The average Bonchev–Trinajstić information content (AvgIpc) is 3.47. The first-order valence-corrected chi connectivity index (χ1v) is 18.4. The molecule has 0 bridgehead atoms. The number of aromatic nitrogens is 4. The normalized spacial score (nSPS) is 16.7. The Bertz CT molecular complexity index is 2260. The van der Waals surface area contributed by atoms with Gasteiger partial charge in [-0.2, -0.15) is 4.31 Å². The molecule has 0 radical (unpaired) electrons. The summed E-state index contributed by atoms with van der Waals surface area (Å²) in [7, 11) is -2.26. The van der Waals surface area contributed by atoms with Crippen molar-refractivity contribution < 1.29 is 17.9 Å². The molecule has 5 aromatic rings. The molecule has 3 heterocycles. The lowest BCUT2D eigenvalue weighted by Gasteiger charge is -2.37. The molecule has 0 aliphatic carbocycles. The molecule has 6 rings (SSSR count). The third kappa shape index (κ3) is 6.33. The van der Waals surface area contributed by atoms with Crippen molar-refractivity contribution >= 4 is 27.0 Å². The molecule has 0 spiro atoms. The number of nitrogens with zero attached hydrogens (tertiary/aromatic N) is 5. The Morgan fingerprint density at radius 2 is 1.82 bits per heavy atom. The van der Waals surface area contributed by atoms with Crippen LogP contribution in [0.4, 0.5) is 0 Å². The van der Waals surface area contributed by atoms with Gasteiger partial charge in [-0.05, 0) is 99.2 Å². The Labute approximate surface area is 292 Å². The molecule has 50 heavy (non-hydrogen) atoms. The summed E-state index contributed by atoms with van der Waals surface area (Å²) in [5.74, 6) is -0.546. The van der Waals surface area contributed by atoms with Gasteiger partial charge in [0.25, 0.3) is 11.5 Å². The molecule has 11 nitrogen and oxygen atoms in total. The van der Waals surface area contributed by atoms with E-state index in [1.54, 1.807) is 43.6 Å². The van der Waals surface area contributed by atoms with E-state index in [1.165, 1.54) is 14.9 Å². The van der Waals surface area contributed by atoms with Crippen LogP contribution in [-0.4, -0.2) is 56.4 Å². The van der Waals surface area contributed by atoms with Gasteiger partial charge in [0.15, 0.2) is 0 Å². The molecular formula is C38H44N6O5S. The standard InChI is InChI=1S/C38H44N6O5S/c1-8-28-23-43(50(47,48)33-15-11-10-14-32(33)49-28)22-27-21-26(17-16-24(27)3)34(29-18-19-31-35(25(29)4)40-41-44(31)9-2)38(5,6)39-36(45)30-13-12-20-42(7)37(30)46/h10-21,28,34H,8-9,22-23H2,1-7H3,(H,39,45)/t28-,34+/m1/s1. The Morgan fingerprint density at radius 1 is 1.06 bits per heavy atom. The number of carbonyl (C=O) groups is 1.